The van der Waals surface area contributed by atoms with Crippen molar-refractivity contribution in [2.45, 2.75) is 31.3 Å². The van der Waals surface area contributed by atoms with E-state index >= 15 is 0 Å². The van der Waals surface area contributed by atoms with Crippen LogP contribution in [-0.2, 0) is 12.0 Å². The molecule has 13 heavy (non-hydrogen) atoms. The van der Waals surface area contributed by atoms with Gasteiger partial charge in [-0.2, -0.15) is 0 Å². The molecule has 1 heteroatoms. The van der Waals surface area contributed by atoms with Gasteiger partial charge in [-0.05, 0) is 42.7 Å². The molecule has 1 N–H and O–H groups in total. The fraction of sp³-hybridized carbons (Fsp3) is 0.500. The standard InChI is InChI=1S/C12H14O/c13-12-7-3-5-10(12)8-9-4-1-2-6-11(9)12/h1-2,4,6,10,13H,3,5,7-8H2. The highest BCUT2D eigenvalue weighted by Crippen LogP contribution is 2.51. The first kappa shape index (κ1) is 7.57. The number of hydrogen-bond donors (Lipinski definition) is 1. The van der Waals surface area contributed by atoms with Crippen LogP contribution in [-0.4, -0.2) is 5.11 Å². The van der Waals surface area contributed by atoms with Gasteiger partial charge in [-0.15, -0.1) is 0 Å². The van der Waals surface area contributed by atoms with Crippen molar-refractivity contribution >= 4 is 0 Å². The first-order valence-electron chi connectivity index (χ1n) is 5.11. The minimum Gasteiger partial charge on any atom is -0.385 e. The molecule has 0 spiro atoms. The maximum atomic E-state index is 10.5. The molecule has 3 rings (SSSR count). The van der Waals surface area contributed by atoms with E-state index in [4.69, 9.17) is 0 Å². The largest absolute Gasteiger partial charge is 0.385 e. The Morgan fingerprint density at radius 1 is 1.31 bits per heavy atom. The fourth-order valence-corrected chi connectivity index (χ4v) is 3.07. The van der Waals surface area contributed by atoms with Gasteiger partial charge in [0.15, 0.2) is 0 Å². The number of hydrogen-bond acceptors (Lipinski definition) is 1. The van der Waals surface area contributed by atoms with Crippen molar-refractivity contribution in [1.82, 2.24) is 0 Å². The average Bonchev–Trinajstić information content (AvgIpc) is 2.60. The van der Waals surface area contributed by atoms with Gasteiger partial charge in [-0.1, -0.05) is 24.3 Å². The summed E-state index contributed by atoms with van der Waals surface area (Å²) in [5.41, 5.74) is 2.11. The van der Waals surface area contributed by atoms with Crippen molar-refractivity contribution in [3.63, 3.8) is 0 Å². The van der Waals surface area contributed by atoms with Crippen molar-refractivity contribution in [3.05, 3.63) is 35.4 Å². The summed E-state index contributed by atoms with van der Waals surface area (Å²) in [6, 6.07) is 8.37. The van der Waals surface area contributed by atoms with Gasteiger partial charge in [0.2, 0.25) is 0 Å². The number of fused-ring (bicyclic) bond motifs is 3. The third-order valence-corrected chi connectivity index (χ3v) is 3.74. The molecule has 2 atom stereocenters. The second-order valence-corrected chi connectivity index (χ2v) is 4.37. The third-order valence-electron chi connectivity index (χ3n) is 3.74. The van der Waals surface area contributed by atoms with Gasteiger partial charge in [0.25, 0.3) is 0 Å². The molecule has 0 aromatic heterocycles. The Balaban J connectivity index is 2.17. The second-order valence-electron chi connectivity index (χ2n) is 4.37. The van der Waals surface area contributed by atoms with Crippen LogP contribution < -0.4 is 0 Å². The Bertz CT molecular complexity index is 345. The number of benzene rings is 1. The van der Waals surface area contributed by atoms with Crippen LogP contribution in [0.25, 0.3) is 0 Å². The van der Waals surface area contributed by atoms with E-state index in [1.165, 1.54) is 24.0 Å². The summed E-state index contributed by atoms with van der Waals surface area (Å²) < 4.78 is 0. The Hall–Kier alpha value is -0.820. The molecule has 1 fully saturated rings. The molecule has 0 saturated heterocycles. The van der Waals surface area contributed by atoms with Crippen molar-refractivity contribution in [1.29, 1.82) is 0 Å². The maximum absolute atomic E-state index is 10.5. The fourth-order valence-electron chi connectivity index (χ4n) is 3.07. The minimum atomic E-state index is -0.462. The summed E-state index contributed by atoms with van der Waals surface area (Å²) >= 11 is 0. The molecule has 2 aliphatic rings. The van der Waals surface area contributed by atoms with Gasteiger partial charge >= 0.3 is 0 Å². The molecule has 0 radical (unpaired) electrons. The van der Waals surface area contributed by atoms with Gasteiger partial charge in [-0.3, -0.25) is 0 Å². The molecular weight excluding hydrogens is 160 g/mol. The Morgan fingerprint density at radius 2 is 2.15 bits per heavy atom. The van der Waals surface area contributed by atoms with Gasteiger partial charge in [-0.25, -0.2) is 0 Å². The lowest BCUT2D eigenvalue weighted by molar-refractivity contribution is 0.0107. The zero-order valence-corrected chi connectivity index (χ0v) is 7.66. The van der Waals surface area contributed by atoms with Crippen LogP contribution in [0.2, 0.25) is 0 Å². The van der Waals surface area contributed by atoms with Crippen LogP contribution in [0.5, 0.6) is 0 Å². The van der Waals surface area contributed by atoms with Gasteiger partial charge in [0.05, 0.1) is 5.60 Å². The number of aliphatic hydroxyl groups is 1. The maximum Gasteiger partial charge on any atom is 0.0930 e. The Morgan fingerprint density at radius 3 is 3.08 bits per heavy atom. The molecule has 1 aromatic rings. The van der Waals surface area contributed by atoms with E-state index in [1.807, 2.05) is 6.07 Å². The van der Waals surface area contributed by atoms with Crippen LogP contribution in [0.15, 0.2) is 24.3 Å². The van der Waals surface area contributed by atoms with Crippen molar-refractivity contribution in [3.8, 4) is 0 Å². The monoisotopic (exact) mass is 174 g/mol. The quantitative estimate of drug-likeness (QED) is 0.639. The SMILES string of the molecule is OC12CCCC1Cc1ccccc12. The van der Waals surface area contributed by atoms with Crippen LogP contribution in [0.1, 0.15) is 30.4 Å². The van der Waals surface area contributed by atoms with E-state index in [0.717, 1.165) is 12.8 Å². The third kappa shape index (κ3) is 0.856. The van der Waals surface area contributed by atoms with Gasteiger partial charge < -0.3 is 5.11 Å². The zero-order chi connectivity index (χ0) is 8.89. The highest BCUT2D eigenvalue weighted by atomic mass is 16.3. The molecule has 0 bridgehead atoms. The molecule has 2 unspecified atom stereocenters. The highest BCUT2D eigenvalue weighted by Gasteiger charge is 2.47. The van der Waals surface area contributed by atoms with Gasteiger partial charge in [0, 0.05) is 0 Å². The first-order chi connectivity index (χ1) is 6.31. The van der Waals surface area contributed by atoms with Crippen molar-refractivity contribution < 1.29 is 5.11 Å². The van der Waals surface area contributed by atoms with Crippen LogP contribution in [0.4, 0.5) is 0 Å². The van der Waals surface area contributed by atoms with Crippen LogP contribution in [0.3, 0.4) is 0 Å². The van der Waals surface area contributed by atoms with Crippen LogP contribution >= 0.6 is 0 Å². The molecule has 2 aliphatic carbocycles. The first-order valence-corrected chi connectivity index (χ1v) is 5.11. The molecule has 0 heterocycles. The Labute approximate surface area is 78.4 Å². The van der Waals surface area contributed by atoms with E-state index < -0.39 is 5.60 Å². The second kappa shape index (κ2) is 2.36. The zero-order valence-electron chi connectivity index (χ0n) is 7.66. The van der Waals surface area contributed by atoms with E-state index in [9.17, 15) is 5.11 Å². The highest BCUT2D eigenvalue weighted by molar-refractivity contribution is 5.39. The summed E-state index contributed by atoms with van der Waals surface area (Å²) in [6.45, 7) is 0. The summed E-state index contributed by atoms with van der Waals surface area (Å²) in [6.07, 6.45) is 4.45. The number of rotatable bonds is 0. The van der Waals surface area contributed by atoms with E-state index in [-0.39, 0.29) is 0 Å². The molecule has 0 aliphatic heterocycles. The summed E-state index contributed by atoms with van der Waals surface area (Å²) in [4.78, 5) is 0. The molecule has 1 nitrogen and oxygen atoms in total. The normalized spacial score (nSPS) is 35.9. The molecule has 1 saturated carbocycles. The van der Waals surface area contributed by atoms with E-state index in [0.29, 0.717) is 5.92 Å². The smallest absolute Gasteiger partial charge is 0.0930 e. The molecular formula is C12H14O. The lowest BCUT2D eigenvalue weighted by Gasteiger charge is -2.23. The molecule has 1 aromatic carbocycles. The predicted octanol–water partition coefficient (Wildman–Crippen LogP) is 2.23. The lowest BCUT2D eigenvalue weighted by atomic mass is 9.91. The Kier molecular flexibility index (Phi) is 1.37. The van der Waals surface area contributed by atoms with Crippen molar-refractivity contribution in [2.75, 3.05) is 0 Å². The van der Waals surface area contributed by atoms with Crippen molar-refractivity contribution in [2.24, 2.45) is 5.92 Å². The molecule has 0 amide bonds. The minimum absolute atomic E-state index is 0.462. The van der Waals surface area contributed by atoms with Crippen LogP contribution in [0, 0.1) is 5.92 Å². The van der Waals surface area contributed by atoms with Gasteiger partial charge in [0.1, 0.15) is 0 Å². The summed E-state index contributed by atoms with van der Waals surface area (Å²) in [5, 5.41) is 10.5. The summed E-state index contributed by atoms with van der Waals surface area (Å²) in [5.74, 6) is 0.505. The average molecular weight is 174 g/mol. The van der Waals surface area contributed by atoms with E-state index in [2.05, 4.69) is 18.2 Å². The molecule has 68 valence electrons. The topological polar surface area (TPSA) is 20.2 Å². The predicted molar refractivity (Wildman–Crippen MR) is 51.4 cm³/mol. The summed E-state index contributed by atoms with van der Waals surface area (Å²) in [7, 11) is 0. The lowest BCUT2D eigenvalue weighted by Crippen LogP contribution is -2.25. The van der Waals surface area contributed by atoms with E-state index in [1.54, 1.807) is 0 Å².